The number of nitrogens with one attached hydrogen (secondary N) is 1. The third-order valence-corrected chi connectivity index (χ3v) is 4.41. The third kappa shape index (κ3) is 4.66. The van der Waals surface area contributed by atoms with Crippen molar-refractivity contribution in [2.24, 2.45) is 7.05 Å². The number of morpholine rings is 1. The summed E-state index contributed by atoms with van der Waals surface area (Å²) in [6.07, 6.45) is 4.58. The molecule has 3 rings (SSSR count). The lowest BCUT2D eigenvalue weighted by atomic mass is 10.1. The predicted molar refractivity (Wildman–Crippen MR) is 95.5 cm³/mol. The van der Waals surface area contributed by atoms with E-state index in [4.69, 9.17) is 4.74 Å². The molecule has 2 unspecified atom stereocenters. The smallest absolute Gasteiger partial charge is 0.0678 e. The Hall–Kier alpha value is -1.69. The van der Waals surface area contributed by atoms with E-state index < -0.39 is 0 Å². The second-order valence-electron chi connectivity index (χ2n) is 6.85. The molecule has 2 aromatic rings. The first-order valence-electron chi connectivity index (χ1n) is 8.73. The molecule has 0 saturated carbocycles. The first-order chi connectivity index (χ1) is 11.6. The molecule has 24 heavy (non-hydrogen) atoms. The maximum Gasteiger partial charge on any atom is 0.0678 e. The summed E-state index contributed by atoms with van der Waals surface area (Å²) in [6.45, 7) is 9.02. The van der Waals surface area contributed by atoms with Crippen molar-refractivity contribution < 1.29 is 4.74 Å². The molecule has 1 aliphatic heterocycles. The van der Waals surface area contributed by atoms with Crippen LogP contribution in [0.4, 0.5) is 0 Å². The molecule has 0 spiro atoms. The van der Waals surface area contributed by atoms with Gasteiger partial charge in [-0.2, -0.15) is 5.10 Å². The number of benzene rings is 1. The molecule has 1 fully saturated rings. The van der Waals surface area contributed by atoms with Crippen molar-refractivity contribution in [3.05, 3.63) is 53.3 Å². The maximum atomic E-state index is 5.84. The van der Waals surface area contributed by atoms with Gasteiger partial charge in [-0.3, -0.25) is 9.58 Å². The average Bonchev–Trinajstić information content (AvgIpc) is 2.93. The highest BCUT2D eigenvalue weighted by Gasteiger charge is 2.22. The fourth-order valence-electron chi connectivity index (χ4n) is 3.44. The van der Waals surface area contributed by atoms with E-state index in [1.807, 2.05) is 17.9 Å². The van der Waals surface area contributed by atoms with Crippen molar-refractivity contribution in [3.63, 3.8) is 0 Å². The lowest BCUT2D eigenvalue weighted by molar-refractivity contribution is -0.0705. The van der Waals surface area contributed by atoms with Crippen molar-refractivity contribution in [1.82, 2.24) is 20.0 Å². The molecular formula is C19H28N4O. The second-order valence-corrected chi connectivity index (χ2v) is 6.85. The molecule has 1 N–H and O–H groups in total. The lowest BCUT2D eigenvalue weighted by Gasteiger charge is -2.35. The minimum Gasteiger partial charge on any atom is -0.373 e. The molecule has 0 bridgehead atoms. The minimum atomic E-state index is 0.310. The molecule has 2 heterocycles. The highest BCUT2D eigenvalue weighted by molar-refractivity contribution is 5.27. The van der Waals surface area contributed by atoms with Gasteiger partial charge in [0.15, 0.2) is 0 Å². The van der Waals surface area contributed by atoms with Crippen molar-refractivity contribution in [3.8, 4) is 0 Å². The summed E-state index contributed by atoms with van der Waals surface area (Å²) in [5, 5.41) is 7.74. The Morgan fingerprint density at radius 3 is 2.50 bits per heavy atom. The number of hydrogen-bond acceptors (Lipinski definition) is 4. The molecule has 1 saturated heterocycles. The number of nitrogens with zero attached hydrogens (tertiary/aromatic N) is 3. The van der Waals surface area contributed by atoms with E-state index in [-0.39, 0.29) is 0 Å². The number of ether oxygens (including phenoxy) is 1. The number of rotatable bonds is 6. The number of aryl methyl sites for hydroxylation is 1. The van der Waals surface area contributed by atoms with E-state index >= 15 is 0 Å². The minimum absolute atomic E-state index is 0.310. The molecule has 1 aromatic carbocycles. The zero-order valence-electron chi connectivity index (χ0n) is 14.9. The van der Waals surface area contributed by atoms with Gasteiger partial charge in [-0.25, -0.2) is 0 Å². The van der Waals surface area contributed by atoms with Gasteiger partial charge in [0.2, 0.25) is 0 Å². The molecule has 2 atom stereocenters. The summed E-state index contributed by atoms with van der Waals surface area (Å²) in [4.78, 5) is 2.50. The summed E-state index contributed by atoms with van der Waals surface area (Å²) in [5.41, 5.74) is 3.98. The van der Waals surface area contributed by atoms with Crippen LogP contribution in [0.1, 0.15) is 30.5 Å². The van der Waals surface area contributed by atoms with Gasteiger partial charge in [-0.15, -0.1) is 0 Å². The predicted octanol–water partition coefficient (Wildman–Crippen LogP) is 2.32. The van der Waals surface area contributed by atoms with Crippen LogP contribution in [0.2, 0.25) is 0 Å². The van der Waals surface area contributed by atoms with Crippen LogP contribution in [0.5, 0.6) is 0 Å². The van der Waals surface area contributed by atoms with Gasteiger partial charge in [0.05, 0.1) is 18.4 Å². The largest absolute Gasteiger partial charge is 0.373 e. The molecule has 5 nitrogen and oxygen atoms in total. The SMILES string of the molecule is CC1CN(Cc2ccccc2CNCc2cnn(C)c2)CC(C)O1. The molecule has 0 aliphatic carbocycles. The molecule has 0 radical (unpaired) electrons. The monoisotopic (exact) mass is 328 g/mol. The van der Waals surface area contributed by atoms with E-state index in [9.17, 15) is 0 Å². The number of aromatic nitrogens is 2. The van der Waals surface area contributed by atoms with E-state index in [0.717, 1.165) is 32.7 Å². The third-order valence-electron chi connectivity index (χ3n) is 4.41. The summed E-state index contributed by atoms with van der Waals surface area (Å²) in [7, 11) is 1.95. The van der Waals surface area contributed by atoms with Gasteiger partial charge in [-0.1, -0.05) is 24.3 Å². The van der Waals surface area contributed by atoms with Crippen LogP contribution in [0.15, 0.2) is 36.7 Å². The average molecular weight is 328 g/mol. The van der Waals surface area contributed by atoms with Crippen LogP contribution in [0.25, 0.3) is 0 Å². The Bertz CT molecular complexity index is 644. The summed E-state index contributed by atoms with van der Waals surface area (Å²) >= 11 is 0. The van der Waals surface area contributed by atoms with Crippen molar-refractivity contribution in [1.29, 1.82) is 0 Å². The van der Waals surface area contributed by atoms with Gasteiger partial charge in [0, 0.05) is 51.5 Å². The summed E-state index contributed by atoms with van der Waals surface area (Å²) in [6, 6.07) is 8.72. The van der Waals surface area contributed by atoms with E-state index in [1.54, 1.807) is 0 Å². The fourth-order valence-corrected chi connectivity index (χ4v) is 3.44. The van der Waals surface area contributed by atoms with Crippen LogP contribution in [-0.2, 0) is 31.4 Å². The van der Waals surface area contributed by atoms with Crippen molar-refractivity contribution in [2.75, 3.05) is 13.1 Å². The van der Waals surface area contributed by atoms with E-state index in [1.165, 1.54) is 16.7 Å². The van der Waals surface area contributed by atoms with Crippen LogP contribution >= 0.6 is 0 Å². The molecule has 130 valence electrons. The number of hydrogen-bond donors (Lipinski definition) is 1. The quantitative estimate of drug-likeness (QED) is 0.884. The maximum absolute atomic E-state index is 5.84. The Morgan fingerprint density at radius 2 is 1.83 bits per heavy atom. The standard InChI is InChI=1S/C19H28N4O/c1-15-11-23(12-16(2)24-15)14-19-7-5-4-6-18(19)10-20-8-17-9-21-22(3)13-17/h4-7,9,13,15-16,20H,8,10-12,14H2,1-3H3. The zero-order valence-corrected chi connectivity index (χ0v) is 14.9. The summed E-state index contributed by atoms with van der Waals surface area (Å²) < 4.78 is 7.68. The zero-order chi connectivity index (χ0) is 16.9. The Kier molecular flexibility index (Phi) is 5.66. The Labute approximate surface area is 144 Å². The van der Waals surface area contributed by atoms with Crippen LogP contribution in [0, 0.1) is 0 Å². The van der Waals surface area contributed by atoms with Gasteiger partial charge in [0.1, 0.15) is 0 Å². The molecular weight excluding hydrogens is 300 g/mol. The van der Waals surface area contributed by atoms with Crippen LogP contribution in [-0.4, -0.2) is 40.0 Å². The topological polar surface area (TPSA) is 42.3 Å². The highest BCUT2D eigenvalue weighted by atomic mass is 16.5. The van der Waals surface area contributed by atoms with Gasteiger partial charge in [-0.05, 0) is 25.0 Å². The van der Waals surface area contributed by atoms with Crippen molar-refractivity contribution in [2.45, 2.75) is 45.7 Å². The van der Waals surface area contributed by atoms with Crippen molar-refractivity contribution >= 4 is 0 Å². The molecule has 0 amide bonds. The Morgan fingerprint density at radius 1 is 1.12 bits per heavy atom. The second kappa shape index (κ2) is 7.92. The summed E-state index contributed by atoms with van der Waals surface area (Å²) in [5.74, 6) is 0. The molecule has 1 aromatic heterocycles. The van der Waals surface area contributed by atoms with E-state index in [2.05, 4.69) is 59.6 Å². The highest BCUT2D eigenvalue weighted by Crippen LogP contribution is 2.17. The first kappa shape index (κ1) is 17.1. The van der Waals surface area contributed by atoms with Crippen LogP contribution < -0.4 is 5.32 Å². The van der Waals surface area contributed by atoms with E-state index in [0.29, 0.717) is 12.2 Å². The van der Waals surface area contributed by atoms with Gasteiger partial charge >= 0.3 is 0 Å². The fraction of sp³-hybridized carbons (Fsp3) is 0.526. The molecule has 5 heteroatoms. The Balaban J connectivity index is 1.58. The molecule has 1 aliphatic rings. The normalized spacial score (nSPS) is 22.0. The first-order valence-corrected chi connectivity index (χ1v) is 8.73. The van der Waals surface area contributed by atoms with Gasteiger partial charge < -0.3 is 10.1 Å². The van der Waals surface area contributed by atoms with Crippen LogP contribution in [0.3, 0.4) is 0 Å². The van der Waals surface area contributed by atoms with Gasteiger partial charge in [0.25, 0.3) is 0 Å². The lowest BCUT2D eigenvalue weighted by Crippen LogP contribution is -2.45.